The number of ether oxygens (including phenoxy) is 1. The minimum Gasteiger partial charge on any atom is -0.478 e. The first-order valence-corrected chi connectivity index (χ1v) is 5.78. The predicted octanol–water partition coefficient (Wildman–Crippen LogP) is 0.516. The second kappa shape index (κ2) is 6.63. The predicted molar refractivity (Wildman–Crippen MR) is 65.2 cm³/mol. The third-order valence-corrected chi connectivity index (χ3v) is 2.21. The fourth-order valence-electron chi connectivity index (χ4n) is 1.29. The Labute approximate surface area is 105 Å². The molecule has 0 fully saturated rings. The van der Waals surface area contributed by atoms with Crippen LogP contribution in [0.2, 0.25) is 0 Å². The van der Waals surface area contributed by atoms with E-state index in [1.165, 1.54) is 7.05 Å². The van der Waals surface area contributed by atoms with Gasteiger partial charge in [0, 0.05) is 13.6 Å². The van der Waals surface area contributed by atoms with Gasteiger partial charge in [-0.15, -0.1) is 0 Å². The van der Waals surface area contributed by atoms with Gasteiger partial charge in [0.1, 0.15) is 0 Å². The molecule has 1 aromatic heterocycles. The van der Waals surface area contributed by atoms with E-state index in [1.54, 1.807) is 24.0 Å². The molecule has 1 rings (SSSR count). The normalized spacial score (nSPS) is 11.7. The SMILES string of the molecule is CCCn1cc(OC(C)C(=O)NC(=O)NC)cn1. The number of urea groups is 1. The summed E-state index contributed by atoms with van der Waals surface area (Å²) in [5, 5.41) is 8.51. The number of carbonyl (C=O) groups is 2. The molecule has 100 valence electrons. The van der Waals surface area contributed by atoms with E-state index in [4.69, 9.17) is 4.74 Å². The topological polar surface area (TPSA) is 85.2 Å². The summed E-state index contributed by atoms with van der Waals surface area (Å²) in [5.74, 6) is 0.000554. The van der Waals surface area contributed by atoms with E-state index in [2.05, 4.69) is 15.7 Å². The Morgan fingerprint density at radius 1 is 1.56 bits per heavy atom. The quantitative estimate of drug-likeness (QED) is 0.802. The molecule has 3 amide bonds. The van der Waals surface area contributed by atoms with Crippen LogP contribution in [0.4, 0.5) is 4.79 Å². The van der Waals surface area contributed by atoms with E-state index >= 15 is 0 Å². The lowest BCUT2D eigenvalue weighted by atomic mass is 10.4. The van der Waals surface area contributed by atoms with Crippen molar-refractivity contribution in [2.75, 3.05) is 7.05 Å². The van der Waals surface area contributed by atoms with Crippen molar-refractivity contribution in [3.05, 3.63) is 12.4 Å². The maximum absolute atomic E-state index is 11.5. The number of rotatable bonds is 5. The Hall–Kier alpha value is -2.05. The molecule has 18 heavy (non-hydrogen) atoms. The molecule has 7 heteroatoms. The standard InChI is InChI=1S/C11H18N4O3/c1-4-5-15-7-9(6-13-15)18-8(2)10(16)14-11(17)12-3/h6-8H,4-5H2,1-3H3,(H2,12,14,16,17). The molecule has 1 aromatic rings. The number of carbonyl (C=O) groups excluding carboxylic acids is 2. The van der Waals surface area contributed by atoms with Crippen LogP contribution in [0, 0.1) is 0 Å². The molecule has 0 aliphatic heterocycles. The van der Waals surface area contributed by atoms with Crippen molar-refractivity contribution >= 4 is 11.9 Å². The van der Waals surface area contributed by atoms with Gasteiger partial charge in [0.15, 0.2) is 11.9 Å². The van der Waals surface area contributed by atoms with E-state index in [1.807, 2.05) is 6.92 Å². The summed E-state index contributed by atoms with van der Waals surface area (Å²) in [5.41, 5.74) is 0. The summed E-state index contributed by atoms with van der Waals surface area (Å²) >= 11 is 0. The molecule has 0 radical (unpaired) electrons. The molecular weight excluding hydrogens is 236 g/mol. The number of aromatic nitrogens is 2. The summed E-state index contributed by atoms with van der Waals surface area (Å²) in [6.45, 7) is 4.40. The van der Waals surface area contributed by atoms with Gasteiger partial charge in [-0.25, -0.2) is 4.79 Å². The van der Waals surface area contributed by atoms with Crippen molar-refractivity contribution < 1.29 is 14.3 Å². The fourth-order valence-corrected chi connectivity index (χ4v) is 1.29. The Morgan fingerprint density at radius 3 is 2.89 bits per heavy atom. The summed E-state index contributed by atoms with van der Waals surface area (Å²) in [6, 6.07) is -0.558. The Bertz CT molecular complexity index is 416. The van der Waals surface area contributed by atoms with Gasteiger partial charge in [0.25, 0.3) is 5.91 Å². The molecule has 0 aromatic carbocycles. The molecule has 1 unspecified atom stereocenters. The van der Waals surface area contributed by atoms with Crippen molar-refractivity contribution in [2.24, 2.45) is 0 Å². The van der Waals surface area contributed by atoms with Gasteiger partial charge in [-0.3, -0.25) is 14.8 Å². The van der Waals surface area contributed by atoms with Crippen LogP contribution in [0.5, 0.6) is 5.75 Å². The van der Waals surface area contributed by atoms with Gasteiger partial charge >= 0.3 is 6.03 Å². The lowest BCUT2D eigenvalue weighted by Crippen LogP contribution is -2.43. The highest BCUT2D eigenvalue weighted by atomic mass is 16.5. The number of nitrogens with one attached hydrogen (secondary N) is 2. The van der Waals surface area contributed by atoms with E-state index < -0.39 is 18.0 Å². The first-order chi connectivity index (χ1) is 8.56. The molecule has 0 saturated heterocycles. The smallest absolute Gasteiger partial charge is 0.321 e. The molecule has 0 aliphatic rings. The third kappa shape index (κ3) is 4.08. The molecule has 0 spiro atoms. The largest absolute Gasteiger partial charge is 0.478 e. The van der Waals surface area contributed by atoms with Gasteiger partial charge in [-0.2, -0.15) is 5.10 Å². The van der Waals surface area contributed by atoms with Crippen LogP contribution < -0.4 is 15.4 Å². The molecule has 0 saturated carbocycles. The number of aryl methyl sites for hydroxylation is 1. The van der Waals surface area contributed by atoms with E-state index in [9.17, 15) is 9.59 Å². The first kappa shape index (κ1) is 14.0. The minimum absolute atomic E-state index is 0.502. The number of imide groups is 1. The van der Waals surface area contributed by atoms with Gasteiger partial charge in [0.2, 0.25) is 0 Å². The van der Waals surface area contributed by atoms with E-state index in [-0.39, 0.29) is 0 Å². The summed E-state index contributed by atoms with van der Waals surface area (Å²) in [6.07, 6.45) is 3.46. The molecular formula is C11H18N4O3. The number of hydrogen-bond donors (Lipinski definition) is 2. The highest BCUT2D eigenvalue weighted by Crippen LogP contribution is 2.10. The van der Waals surface area contributed by atoms with Crippen LogP contribution in [-0.4, -0.2) is 34.9 Å². The maximum atomic E-state index is 11.5. The highest BCUT2D eigenvalue weighted by molar-refractivity contribution is 5.96. The fraction of sp³-hybridized carbons (Fsp3) is 0.545. The monoisotopic (exact) mass is 254 g/mol. The zero-order valence-electron chi connectivity index (χ0n) is 10.8. The van der Waals surface area contributed by atoms with Gasteiger partial charge < -0.3 is 10.1 Å². The van der Waals surface area contributed by atoms with E-state index in [0.29, 0.717) is 5.75 Å². The van der Waals surface area contributed by atoms with Crippen molar-refractivity contribution in [3.63, 3.8) is 0 Å². The van der Waals surface area contributed by atoms with Crippen LogP contribution in [0.15, 0.2) is 12.4 Å². The van der Waals surface area contributed by atoms with Crippen LogP contribution in [-0.2, 0) is 11.3 Å². The first-order valence-electron chi connectivity index (χ1n) is 5.78. The molecule has 2 N–H and O–H groups in total. The number of amides is 3. The van der Waals surface area contributed by atoms with Crippen LogP contribution in [0.3, 0.4) is 0 Å². The van der Waals surface area contributed by atoms with Gasteiger partial charge in [-0.1, -0.05) is 6.92 Å². The maximum Gasteiger partial charge on any atom is 0.321 e. The van der Waals surface area contributed by atoms with Gasteiger partial charge in [0.05, 0.1) is 12.4 Å². The molecule has 0 aliphatic carbocycles. The van der Waals surface area contributed by atoms with Crippen molar-refractivity contribution in [1.82, 2.24) is 20.4 Å². The summed E-state index contributed by atoms with van der Waals surface area (Å²) in [4.78, 5) is 22.5. The van der Waals surface area contributed by atoms with Crippen molar-refractivity contribution in [1.29, 1.82) is 0 Å². The number of nitrogens with zero attached hydrogens (tertiary/aromatic N) is 2. The second-order valence-electron chi connectivity index (χ2n) is 3.77. The Balaban J connectivity index is 2.49. The third-order valence-electron chi connectivity index (χ3n) is 2.21. The molecule has 7 nitrogen and oxygen atoms in total. The average molecular weight is 254 g/mol. The zero-order chi connectivity index (χ0) is 13.5. The number of hydrogen-bond acceptors (Lipinski definition) is 4. The highest BCUT2D eigenvalue weighted by Gasteiger charge is 2.17. The second-order valence-corrected chi connectivity index (χ2v) is 3.77. The van der Waals surface area contributed by atoms with Crippen molar-refractivity contribution in [3.8, 4) is 5.75 Å². The minimum atomic E-state index is -0.762. The summed E-state index contributed by atoms with van der Waals surface area (Å²) in [7, 11) is 1.43. The Kier molecular flexibility index (Phi) is 5.16. The molecule has 1 atom stereocenters. The van der Waals surface area contributed by atoms with Crippen molar-refractivity contribution in [2.45, 2.75) is 32.9 Å². The molecule has 0 bridgehead atoms. The van der Waals surface area contributed by atoms with Gasteiger partial charge in [-0.05, 0) is 13.3 Å². The zero-order valence-corrected chi connectivity index (χ0v) is 10.8. The van der Waals surface area contributed by atoms with E-state index in [0.717, 1.165) is 13.0 Å². The lowest BCUT2D eigenvalue weighted by molar-refractivity contribution is -0.126. The Morgan fingerprint density at radius 2 is 2.28 bits per heavy atom. The van der Waals surface area contributed by atoms with Crippen LogP contribution >= 0.6 is 0 Å². The van der Waals surface area contributed by atoms with Crippen LogP contribution in [0.25, 0.3) is 0 Å². The molecule has 1 heterocycles. The van der Waals surface area contributed by atoms with Crippen LogP contribution in [0.1, 0.15) is 20.3 Å². The average Bonchev–Trinajstić information content (AvgIpc) is 2.76. The lowest BCUT2D eigenvalue weighted by Gasteiger charge is -2.12. The summed E-state index contributed by atoms with van der Waals surface area (Å²) < 4.78 is 7.11.